The third-order valence-corrected chi connectivity index (χ3v) is 8.63. The fourth-order valence-electron chi connectivity index (χ4n) is 4.01. The average molecular weight is 494 g/mol. The molecular weight excluding hydrogens is 470 g/mol. The zero-order chi connectivity index (χ0) is 23.5. The van der Waals surface area contributed by atoms with Gasteiger partial charge in [0.1, 0.15) is 0 Å². The molecule has 9 heteroatoms. The van der Waals surface area contributed by atoms with Crippen LogP contribution in [-0.4, -0.2) is 49.9 Å². The zero-order valence-corrected chi connectivity index (χ0v) is 19.9. The lowest BCUT2D eigenvalue weighted by Crippen LogP contribution is -2.41. The minimum atomic E-state index is -3.68. The minimum absolute atomic E-state index is 0.0869. The van der Waals surface area contributed by atoms with Gasteiger partial charge in [-0.2, -0.15) is 4.31 Å². The van der Waals surface area contributed by atoms with Crippen LogP contribution in [0.4, 0.5) is 0 Å². The summed E-state index contributed by atoms with van der Waals surface area (Å²) in [7, 11) is -3.68. The van der Waals surface area contributed by atoms with E-state index in [2.05, 4.69) is 5.32 Å². The van der Waals surface area contributed by atoms with Gasteiger partial charge in [0, 0.05) is 25.0 Å². The molecule has 4 aromatic rings. The molecule has 174 valence electrons. The second-order valence-corrected chi connectivity index (χ2v) is 10.7. The molecule has 0 bridgehead atoms. The standard InChI is InChI=1S/C25H23N3O4S2/c29-25(20-16-22(23-9-5-15-33-23)27-21-8-3-2-7-19(20)21)26-17-18-6-1-4-10-24(18)34(30,31)28-11-13-32-14-12-28/h1-10,15-16H,11-14,17H2,(H,26,29). The Balaban J connectivity index is 1.44. The number of rotatable bonds is 6. The number of fused-ring (bicyclic) bond motifs is 1. The van der Waals surface area contributed by atoms with Crippen LogP contribution in [0.5, 0.6) is 0 Å². The van der Waals surface area contributed by atoms with Gasteiger partial charge in [-0.25, -0.2) is 13.4 Å². The Morgan fingerprint density at radius 3 is 2.59 bits per heavy atom. The van der Waals surface area contributed by atoms with Crippen molar-refractivity contribution in [2.24, 2.45) is 0 Å². The number of nitrogens with one attached hydrogen (secondary N) is 1. The maximum atomic E-state index is 13.3. The van der Waals surface area contributed by atoms with E-state index < -0.39 is 10.0 Å². The van der Waals surface area contributed by atoms with E-state index in [1.54, 1.807) is 41.7 Å². The smallest absolute Gasteiger partial charge is 0.252 e. The van der Waals surface area contributed by atoms with Gasteiger partial charge in [0.05, 0.1) is 39.8 Å². The molecule has 0 atom stereocenters. The molecule has 2 aromatic heterocycles. The summed E-state index contributed by atoms with van der Waals surface area (Å²) < 4.78 is 33.2. The first kappa shape index (κ1) is 22.7. The first-order chi connectivity index (χ1) is 16.5. The molecule has 0 saturated carbocycles. The van der Waals surface area contributed by atoms with Crippen molar-refractivity contribution in [3.8, 4) is 10.6 Å². The van der Waals surface area contributed by atoms with E-state index in [-0.39, 0.29) is 17.3 Å². The van der Waals surface area contributed by atoms with E-state index in [0.717, 1.165) is 21.5 Å². The highest BCUT2D eigenvalue weighted by Crippen LogP contribution is 2.28. The van der Waals surface area contributed by atoms with Crippen LogP contribution in [0.2, 0.25) is 0 Å². The van der Waals surface area contributed by atoms with Crippen molar-refractivity contribution in [3.63, 3.8) is 0 Å². The Hall–Kier alpha value is -3.11. The number of ether oxygens (including phenoxy) is 1. The monoisotopic (exact) mass is 493 g/mol. The molecule has 1 aliphatic heterocycles. The molecule has 0 aliphatic carbocycles. The number of hydrogen-bond acceptors (Lipinski definition) is 6. The molecule has 1 fully saturated rings. The molecule has 2 aromatic carbocycles. The van der Waals surface area contributed by atoms with Gasteiger partial charge in [-0.1, -0.05) is 42.5 Å². The van der Waals surface area contributed by atoms with Crippen LogP contribution in [0.1, 0.15) is 15.9 Å². The van der Waals surface area contributed by atoms with Crippen LogP contribution in [0.25, 0.3) is 21.5 Å². The molecule has 1 saturated heterocycles. The average Bonchev–Trinajstić information content (AvgIpc) is 3.42. The van der Waals surface area contributed by atoms with Crippen molar-refractivity contribution in [2.75, 3.05) is 26.3 Å². The lowest BCUT2D eigenvalue weighted by atomic mass is 10.1. The van der Waals surface area contributed by atoms with Crippen molar-refractivity contribution < 1.29 is 17.9 Å². The Labute approximate surface area is 202 Å². The second-order valence-electron chi connectivity index (χ2n) is 7.86. The Morgan fingerprint density at radius 1 is 1.03 bits per heavy atom. The quantitative estimate of drug-likeness (QED) is 0.440. The lowest BCUT2D eigenvalue weighted by molar-refractivity contribution is 0.0730. The van der Waals surface area contributed by atoms with Gasteiger partial charge in [0.25, 0.3) is 5.91 Å². The molecular formula is C25H23N3O4S2. The van der Waals surface area contributed by atoms with Gasteiger partial charge in [-0.15, -0.1) is 11.3 Å². The number of para-hydroxylation sites is 1. The van der Waals surface area contributed by atoms with Crippen LogP contribution in [0.3, 0.4) is 0 Å². The van der Waals surface area contributed by atoms with E-state index in [0.29, 0.717) is 37.4 Å². The van der Waals surface area contributed by atoms with E-state index in [1.807, 2.05) is 41.8 Å². The topological polar surface area (TPSA) is 88.6 Å². The highest BCUT2D eigenvalue weighted by molar-refractivity contribution is 7.89. The van der Waals surface area contributed by atoms with Crippen LogP contribution >= 0.6 is 11.3 Å². The lowest BCUT2D eigenvalue weighted by Gasteiger charge is -2.27. The summed E-state index contributed by atoms with van der Waals surface area (Å²) in [4.78, 5) is 19.2. The molecule has 0 spiro atoms. The number of carbonyl (C=O) groups excluding carboxylic acids is 1. The van der Waals surface area contributed by atoms with Crippen molar-refractivity contribution in [2.45, 2.75) is 11.4 Å². The Bertz CT molecular complexity index is 1430. The molecule has 1 N–H and O–H groups in total. The molecule has 3 heterocycles. The first-order valence-corrected chi connectivity index (χ1v) is 13.2. The number of hydrogen-bond donors (Lipinski definition) is 1. The van der Waals surface area contributed by atoms with Crippen LogP contribution < -0.4 is 5.32 Å². The Kier molecular flexibility index (Phi) is 6.42. The largest absolute Gasteiger partial charge is 0.379 e. The fraction of sp³-hybridized carbons (Fsp3) is 0.200. The molecule has 0 radical (unpaired) electrons. The van der Waals surface area contributed by atoms with Gasteiger partial charge in [0.15, 0.2) is 0 Å². The summed E-state index contributed by atoms with van der Waals surface area (Å²) in [6.45, 7) is 1.47. The second kappa shape index (κ2) is 9.63. The van der Waals surface area contributed by atoms with Gasteiger partial charge in [0.2, 0.25) is 10.0 Å². The number of thiophene rings is 1. The molecule has 0 unspecified atom stereocenters. The third-order valence-electron chi connectivity index (χ3n) is 5.73. The summed E-state index contributed by atoms with van der Waals surface area (Å²) in [5.74, 6) is -0.282. The number of benzene rings is 2. The number of amides is 1. The maximum Gasteiger partial charge on any atom is 0.252 e. The highest BCUT2D eigenvalue weighted by atomic mass is 32.2. The predicted molar refractivity (Wildman–Crippen MR) is 132 cm³/mol. The van der Waals surface area contributed by atoms with E-state index in [4.69, 9.17) is 9.72 Å². The summed E-state index contributed by atoms with van der Waals surface area (Å²) in [6.07, 6.45) is 0. The van der Waals surface area contributed by atoms with Crippen molar-refractivity contribution >= 4 is 38.2 Å². The first-order valence-electron chi connectivity index (χ1n) is 10.9. The van der Waals surface area contributed by atoms with Gasteiger partial charge in [-0.05, 0) is 35.2 Å². The van der Waals surface area contributed by atoms with Gasteiger partial charge >= 0.3 is 0 Å². The number of sulfonamides is 1. The maximum absolute atomic E-state index is 13.3. The Morgan fingerprint density at radius 2 is 1.79 bits per heavy atom. The molecule has 7 nitrogen and oxygen atoms in total. The molecule has 1 amide bonds. The molecule has 5 rings (SSSR count). The van der Waals surface area contributed by atoms with Crippen LogP contribution in [0.15, 0.2) is 77.0 Å². The highest BCUT2D eigenvalue weighted by Gasteiger charge is 2.28. The number of carbonyl (C=O) groups is 1. The van der Waals surface area contributed by atoms with E-state index in [9.17, 15) is 13.2 Å². The number of morpholine rings is 1. The van der Waals surface area contributed by atoms with Gasteiger partial charge < -0.3 is 10.1 Å². The minimum Gasteiger partial charge on any atom is -0.379 e. The third kappa shape index (κ3) is 4.47. The predicted octanol–water partition coefficient (Wildman–Crippen LogP) is 3.91. The van der Waals surface area contributed by atoms with Crippen LogP contribution in [0, 0.1) is 0 Å². The number of pyridine rings is 1. The van der Waals surface area contributed by atoms with Gasteiger partial charge in [-0.3, -0.25) is 4.79 Å². The molecule has 34 heavy (non-hydrogen) atoms. The summed E-state index contributed by atoms with van der Waals surface area (Å²) >= 11 is 1.56. The number of nitrogens with zero attached hydrogens (tertiary/aromatic N) is 2. The van der Waals surface area contributed by atoms with Crippen molar-refractivity contribution in [1.82, 2.24) is 14.6 Å². The summed E-state index contributed by atoms with van der Waals surface area (Å²) in [5.41, 5.74) is 2.50. The van der Waals surface area contributed by atoms with Crippen LogP contribution in [-0.2, 0) is 21.3 Å². The van der Waals surface area contributed by atoms with Crippen molar-refractivity contribution in [3.05, 3.63) is 83.2 Å². The SMILES string of the molecule is O=C(NCc1ccccc1S(=O)(=O)N1CCOCC1)c1cc(-c2cccs2)nc2ccccc12. The summed E-state index contributed by atoms with van der Waals surface area (Å²) in [6, 6.07) is 20.0. The van der Waals surface area contributed by atoms with E-state index >= 15 is 0 Å². The zero-order valence-electron chi connectivity index (χ0n) is 18.3. The summed E-state index contributed by atoms with van der Waals surface area (Å²) in [5, 5.41) is 5.64. The van der Waals surface area contributed by atoms with E-state index in [1.165, 1.54) is 4.31 Å². The fourth-order valence-corrected chi connectivity index (χ4v) is 6.33. The molecule has 1 aliphatic rings. The number of aromatic nitrogens is 1. The normalized spacial score (nSPS) is 14.8. The van der Waals surface area contributed by atoms with Crippen molar-refractivity contribution in [1.29, 1.82) is 0 Å².